The maximum Gasteiger partial charge on any atom is 0.116 e. The van der Waals surface area contributed by atoms with Crippen molar-refractivity contribution in [1.29, 1.82) is 0 Å². The number of thiophene rings is 1. The lowest BCUT2D eigenvalue weighted by Gasteiger charge is -2.13. The molecule has 218 valence electrons. The van der Waals surface area contributed by atoms with Crippen LogP contribution in [0.5, 0.6) is 0 Å². The second kappa shape index (κ2) is 10.3. The highest BCUT2D eigenvalue weighted by atomic mass is 32.1. The quantitative estimate of drug-likeness (QED) is 0.185. The monoisotopic (exact) mass is 615 g/mol. The van der Waals surface area contributed by atoms with Gasteiger partial charge in [-0.1, -0.05) is 115 Å². The van der Waals surface area contributed by atoms with Crippen LogP contribution >= 0.6 is 11.3 Å². The van der Waals surface area contributed by atoms with Crippen molar-refractivity contribution in [3.05, 3.63) is 152 Å². The molecule has 7 aromatic carbocycles. The molecule has 0 N–H and O–H groups in total. The van der Waals surface area contributed by atoms with Crippen LogP contribution in [0.25, 0.3) is 97.8 Å². The Morgan fingerprint density at radius 2 is 1.00 bits per heavy atom. The molecule has 0 unspecified atom stereocenters. The number of pyridine rings is 1. The summed E-state index contributed by atoms with van der Waals surface area (Å²) < 4.78 is 2.57. The predicted octanol–water partition coefficient (Wildman–Crippen LogP) is 11.8. The normalized spacial score (nSPS) is 11.8. The van der Waals surface area contributed by atoms with Crippen LogP contribution in [0.2, 0.25) is 0 Å². The highest BCUT2D eigenvalue weighted by molar-refractivity contribution is 7.26. The largest absolute Gasteiger partial charge is 0.246 e. The average molecular weight is 616 g/mol. The summed E-state index contributed by atoms with van der Waals surface area (Å²) in [5.74, 6) is 0. The Morgan fingerprint density at radius 1 is 0.383 bits per heavy atom. The Bertz CT molecular complexity index is 2800. The van der Waals surface area contributed by atoms with Gasteiger partial charge in [0.2, 0.25) is 0 Å². The molecule has 0 aliphatic rings. The van der Waals surface area contributed by atoms with Crippen LogP contribution < -0.4 is 0 Å². The number of benzene rings is 7. The fourth-order valence-electron chi connectivity index (χ4n) is 7.10. The molecule has 0 saturated carbocycles. The maximum absolute atomic E-state index is 5.33. The fourth-order valence-corrected chi connectivity index (χ4v) is 8.37. The second-order valence-corrected chi connectivity index (χ2v) is 13.0. The van der Waals surface area contributed by atoms with Gasteiger partial charge in [0.1, 0.15) is 5.69 Å². The molecule has 4 heteroatoms. The zero-order valence-corrected chi connectivity index (χ0v) is 26.0. The highest BCUT2D eigenvalue weighted by Gasteiger charge is 2.20. The van der Waals surface area contributed by atoms with Gasteiger partial charge in [0.25, 0.3) is 0 Å². The van der Waals surface area contributed by atoms with Crippen molar-refractivity contribution in [2.24, 2.45) is 0 Å². The van der Waals surface area contributed by atoms with Crippen LogP contribution in [-0.2, 0) is 0 Å². The summed E-state index contributed by atoms with van der Waals surface area (Å²) in [7, 11) is 0. The molecular weight excluding hydrogens is 591 g/mol. The first-order valence-corrected chi connectivity index (χ1v) is 16.6. The molecule has 0 radical (unpaired) electrons. The minimum atomic E-state index is 0.775. The molecule has 10 rings (SSSR count). The summed E-state index contributed by atoms with van der Waals surface area (Å²) in [5.41, 5.74) is 9.50. The lowest BCUT2D eigenvalue weighted by atomic mass is 9.93. The van der Waals surface area contributed by atoms with E-state index in [1.54, 1.807) is 0 Å². The Kier molecular flexibility index (Phi) is 5.74. The van der Waals surface area contributed by atoms with E-state index in [0.717, 1.165) is 50.5 Å². The molecule has 0 atom stereocenters. The summed E-state index contributed by atoms with van der Waals surface area (Å²) in [6, 6.07) is 53.3. The van der Waals surface area contributed by atoms with E-state index in [-0.39, 0.29) is 0 Å². The number of nitrogens with zero attached hydrogens (tertiary/aromatic N) is 3. The number of hydrogen-bond donors (Lipinski definition) is 0. The van der Waals surface area contributed by atoms with Crippen molar-refractivity contribution in [3.8, 4) is 45.0 Å². The molecule has 0 aliphatic carbocycles. The van der Waals surface area contributed by atoms with Crippen molar-refractivity contribution >= 4 is 64.1 Å². The van der Waals surface area contributed by atoms with Gasteiger partial charge in [-0.15, -0.1) is 11.3 Å². The summed E-state index contributed by atoms with van der Waals surface area (Å²) in [4.78, 5) is 15.7. The second-order valence-electron chi connectivity index (χ2n) is 12.0. The van der Waals surface area contributed by atoms with Gasteiger partial charge in [-0.05, 0) is 69.1 Å². The molecule has 0 spiro atoms. The molecule has 0 bridgehead atoms. The van der Waals surface area contributed by atoms with Gasteiger partial charge in [0.15, 0.2) is 0 Å². The Balaban J connectivity index is 1.19. The first-order chi connectivity index (χ1) is 23.3. The summed E-state index contributed by atoms with van der Waals surface area (Å²) in [6.45, 7) is 0. The zero-order valence-electron chi connectivity index (χ0n) is 25.2. The van der Waals surface area contributed by atoms with Gasteiger partial charge in [0.05, 0.1) is 28.1 Å². The van der Waals surface area contributed by atoms with Crippen molar-refractivity contribution in [1.82, 2.24) is 15.0 Å². The smallest absolute Gasteiger partial charge is 0.116 e. The summed E-state index contributed by atoms with van der Waals surface area (Å²) in [6.07, 6.45) is 0. The number of rotatable bonds is 4. The third kappa shape index (κ3) is 4.09. The van der Waals surface area contributed by atoms with E-state index in [9.17, 15) is 0 Å². The first-order valence-electron chi connectivity index (χ1n) is 15.8. The summed E-state index contributed by atoms with van der Waals surface area (Å²) >= 11 is 1.86. The fraction of sp³-hybridized carbons (Fsp3) is 0. The lowest BCUT2D eigenvalue weighted by molar-refractivity contribution is 1.24. The summed E-state index contributed by atoms with van der Waals surface area (Å²) in [5, 5.41) is 7.87. The van der Waals surface area contributed by atoms with Crippen molar-refractivity contribution in [2.45, 2.75) is 0 Å². The Hall–Kier alpha value is -5.97. The molecule has 0 fully saturated rings. The Morgan fingerprint density at radius 3 is 1.83 bits per heavy atom. The molecule has 3 nitrogen and oxygen atoms in total. The SMILES string of the molecule is c1ccc(-c2cccc(-c3nc4ccccc4nc3-c3cccc(-c4ccc5c6ccccc6c6cccc7sc4c5c76)n3)c2)cc1. The van der Waals surface area contributed by atoms with Gasteiger partial charge in [-0.2, -0.15) is 0 Å². The van der Waals surface area contributed by atoms with E-state index in [2.05, 4.69) is 121 Å². The Labute approximate surface area is 274 Å². The van der Waals surface area contributed by atoms with Gasteiger partial charge in [-0.3, -0.25) is 0 Å². The molecular formula is C43H25N3S. The molecule has 47 heavy (non-hydrogen) atoms. The van der Waals surface area contributed by atoms with Gasteiger partial charge < -0.3 is 0 Å². The number of hydrogen-bond acceptors (Lipinski definition) is 4. The minimum Gasteiger partial charge on any atom is -0.246 e. The number of fused-ring (bicyclic) bond motifs is 4. The molecule has 0 amide bonds. The van der Waals surface area contributed by atoms with Gasteiger partial charge in [0, 0.05) is 31.3 Å². The van der Waals surface area contributed by atoms with Crippen molar-refractivity contribution < 1.29 is 0 Å². The van der Waals surface area contributed by atoms with Crippen LogP contribution in [0.1, 0.15) is 0 Å². The van der Waals surface area contributed by atoms with Crippen LogP contribution in [0, 0.1) is 0 Å². The minimum absolute atomic E-state index is 0.775. The van der Waals surface area contributed by atoms with Crippen LogP contribution in [0.4, 0.5) is 0 Å². The predicted molar refractivity (Wildman–Crippen MR) is 198 cm³/mol. The van der Waals surface area contributed by atoms with E-state index in [1.807, 2.05) is 41.7 Å². The maximum atomic E-state index is 5.33. The number of aromatic nitrogens is 3. The molecule has 3 aromatic heterocycles. The van der Waals surface area contributed by atoms with E-state index in [4.69, 9.17) is 15.0 Å². The molecule has 0 aliphatic heterocycles. The van der Waals surface area contributed by atoms with Crippen LogP contribution in [-0.4, -0.2) is 15.0 Å². The van der Waals surface area contributed by atoms with Gasteiger partial charge >= 0.3 is 0 Å². The molecule has 10 aromatic rings. The lowest BCUT2D eigenvalue weighted by Crippen LogP contribution is -1.98. The highest BCUT2D eigenvalue weighted by Crippen LogP contribution is 2.48. The van der Waals surface area contributed by atoms with Crippen molar-refractivity contribution in [3.63, 3.8) is 0 Å². The van der Waals surface area contributed by atoms with E-state index < -0.39 is 0 Å². The van der Waals surface area contributed by atoms with Crippen LogP contribution in [0.15, 0.2) is 152 Å². The van der Waals surface area contributed by atoms with E-state index >= 15 is 0 Å². The average Bonchev–Trinajstić information content (AvgIpc) is 3.55. The molecule has 3 heterocycles. The topological polar surface area (TPSA) is 38.7 Å². The zero-order chi connectivity index (χ0) is 30.9. The third-order valence-corrected chi connectivity index (χ3v) is 10.4. The van der Waals surface area contributed by atoms with Crippen LogP contribution in [0.3, 0.4) is 0 Å². The van der Waals surface area contributed by atoms with E-state index in [0.29, 0.717) is 0 Å². The first kappa shape index (κ1) is 26.3. The van der Waals surface area contributed by atoms with Crippen molar-refractivity contribution in [2.75, 3.05) is 0 Å². The standard InChI is InChI=1S/C43H25N3S/c1-2-11-26(12-3-1)27-13-8-14-28(25-27)41-42(46-36-19-7-6-18-35(36)45-41)37-21-10-20-34(44-37)33-24-23-32-30-16-5-4-15-29(30)31-17-9-22-38-39(31)40(32)43(33)47-38/h1-25H. The number of para-hydroxylation sites is 2. The third-order valence-electron chi connectivity index (χ3n) is 9.23. The molecule has 0 saturated heterocycles. The van der Waals surface area contributed by atoms with Gasteiger partial charge in [-0.25, -0.2) is 15.0 Å². The van der Waals surface area contributed by atoms with E-state index in [1.165, 1.54) is 47.3 Å².